The zero-order valence-corrected chi connectivity index (χ0v) is 17.3. The molecule has 2 aromatic heterocycles. The number of ether oxygens (including phenoxy) is 1. The molecule has 30 heavy (non-hydrogen) atoms. The van der Waals surface area contributed by atoms with Gasteiger partial charge in [-0.05, 0) is 37.6 Å². The molecule has 1 saturated heterocycles. The number of halogens is 1. The number of rotatable bonds is 6. The standard InChI is InChI=1S/C23H26FN5O/c1-25-22-13-21(27-23(28-22)16-7-9-26-10-8-16)18-4-3-11-29(15-18)14-17-5-6-19(30-2)12-20(17)24/h5-10,12-13,18H,3-4,11,14-15H2,1-2H3,(H,25,27,28)/t18-/m0/s1. The Morgan fingerprint density at radius 1 is 1.17 bits per heavy atom. The highest BCUT2D eigenvalue weighted by atomic mass is 19.1. The molecule has 0 amide bonds. The number of nitrogens with one attached hydrogen (secondary N) is 1. The Labute approximate surface area is 176 Å². The minimum absolute atomic E-state index is 0.226. The first-order chi connectivity index (χ1) is 14.7. The lowest BCUT2D eigenvalue weighted by Crippen LogP contribution is -2.34. The van der Waals surface area contributed by atoms with Crippen LogP contribution in [0.25, 0.3) is 11.4 Å². The predicted molar refractivity (Wildman–Crippen MR) is 115 cm³/mol. The van der Waals surface area contributed by atoms with Crippen molar-refractivity contribution in [3.05, 3.63) is 65.9 Å². The van der Waals surface area contributed by atoms with Crippen LogP contribution >= 0.6 is 0 Å². The van der Waals surface area contributed by atoms with Gasteiger partial charge in [-0.1, -0.05) is 6.07 Å². The van der Waals surface area contributed by atoms with Gasteiger partial charge >= 0.3 is 0 Å². The van der Waals surface area contributed by atoms with Crippen molar-refractivity contribution in [3.63, 3.8) is 0 Å². The SMILES string of the molecule is CNc1cc([C@H]2CCCN(Cc3ccc(OC)cc3F)C2)nc(-c2ccncc2)n1. The van der Waals surface area contributed by atoms with Gasteiger partial charge in [-0.25, -0.2) is 14.4 Å². The van der Waals surface area contributed by atoms with Crippen molar-refractivity contribution in [1.29, 1.82) is 0 Å². The molecule has 6 nitrogen and oxygen atoms in total. The smallest absolute Gasteiger partial charge is 0.161 e. The first-order valence-corrected chi connectivity index (χ1v) is 10.2. The van der Waals surface area contributed by atoms with Crippen LogP contribution in [0.15, 0.2) is 48.8 Å². The van der Waals surface area contributed by atoms with Crippen molar-refractivity contribution in [2.75, 3.05) is 32.6 Å². The molecule has 1 fully saturated rings. The summed E-state index contributed by atoms with van der Waals surface area (Å²) in [6.45, 7) is 2.36. The number of aromatic nitrogens is 3. The fourth-order valence-electron chi connectivity index (χ4n) is 3.90. The van der Waals surface area contributed by atoms with Gasteiger partial charge in [0.05, 0.1) is 12.8 Å². The number of hydrogen-bond acceptors (Lipinski definition) is 6. The van der Waals surface area contributed by atoms with Crippen LogP contribution in [-0.4, -0.2) is 47.1 Å². The summed E-state index contributed by atoms with van der Waals surface area (Å²) in [5.41, 5.74) is 2.64. The molecule has 3 aromatic rings. The van der Waals surface area contributed by atoms with Gasteiger partial charge in [-0.2, -0.15) is 0 Å². The Balaban J connectivity index is 1.54. The first kappa shape index (κ1) is 20.2. The number of benzene rings is 1. The van der Waals surface area contributed by atoms with E-state index in [4.69, 9.17) is 9.72 Å². The summed E-state index contributed by atoms with van der Waals surface area (Å²) >= 11 is 0. The third kappa shape index (κ3) is 4.57. The minimum atomic E-state index is -0.226. The van der Waals surface area contributed by atoms with Crippen LogP contribution in [0.1, 0.15) is 30.0 Å². The molecule has 0 spiro atoms. The summed E-state index contributed by atoms with van der Waals surface area (Å²) in [5.74, 6) is 2.08. The van der Waals surface area contributed by atoms with Crippen LogP contribution in [-0.2, 0) is 6.54 Å². The first-order valence-electron chi connectivity index (χ1n) is 10.2. The summed E-state index contributed by atoms with van der Waals surface area (Å²) in [4.78, 5) is 15.8. The van der Waals surface area contributed by atoms with E-state index < -0.39 is 0 Å². The van der Waals surface area contributed by atoms with Crippen molar-refractivity contribution >= 4 is 5.82 Å². The second-order valence-electron chi connectivity index (χ2n) is 7.52. The minimum Gasteiger partial charge on any atom is -0.497 e. The summed E-state index contributed by atoms with van der Waals surface area (Å²) < 4.78 is 19.5. The quantitative estimate of drug-likeness (QED) is 0.664. The number of nitrogens with zero attached hydrogens (tertiary/aromatic N) is 4. The highest BCUT2D eigenvalue weighted by Gasteiger charge is 2.24. The second kappa shape index (κ2) is 9.17. The maximum atomic E-state index is 14.4. The molecule has 0 bridgehead atoms. The molecule has 0 aliphatic carbocycles. The van der Waals surface area contributed by atoms with Crippen LogP contribution < -0.4 is 10.1 Å². The number of likely N-dealkylation sites (tertiary alicyclic amines) is 1. The van der Waals surface area contributed by atoms with Gasteiger partial charge in [0.15, 0.2) is 5.82 Å². The van der Waals surface area contributed by atoms with Crippen LogP contribution in [0, 0.1) is 5.82 Å². The summed E-state index contributed by atoms with van der Waals surface area (Å²) in [5, 5.41) is 3.14. The van der Waals surface area contributed by atoms with Crippen LogP contribution in [0.2, 0.25) is 0 Å². The molecule has 1 N–H and O–H groups in total. The van der Waals surface area contributed by atoms with Gasteiger partial charge in [0.1, 0.15) is 17.4 Å². The molecule has 4 rings (SSSR count). The molecule has 0 saturated carbocycles. The lowest BCUT2D eigenvalue weighted by Gasteiger charge is -2.32. The highest BCUT2D eigenvalue weighted by molar-refractivity contribution is 5.57. The lowest BCUT2D eigenvalue weighted by atomic mass is 9.94. The molecule has 0 unspecified atom stereocenters. The average Bonchev–Trinajstić information content (AvgIpc) is 2.81. The van der Waals surface area contributed by atoms with Gasteiger partial charge in [0, 0.05) is 61.7 Å². The summed E-state index contributed by atoms with van der Waals surface area (Å²) in [7, 11) is 3.41. The maximum Gasteiger partial charge on any atom is 0.161 e. The van der Waals surface area contributed by atoms with E-state index in [1.54, 1.807) is 19.5 Å². The van der Waals surface area contributed by atoms with Gasteiger partial charge in [0.2, 0.25) is 0 Å². The number of methoxy groups -OCH3 is 1. The zero-order valence-electron chi connectivity index (χ0n) is 17.3. The third-order valence-electron chi connectivity index (χ3n) is 5.52. The largest absolute Gasteiger partial charge is 0.497 e. The molecule has 1 aliphatic rings. The number of pyridine rings is 1. The molecule has 1 aliphatic heterocycles. The van der Waals surface area contributed by atoms with Crippen LogP contribution in [0.5, 0.6) is 5.75 Å². The van der Waals surface area contributed by atoms with Gasteiger partial charge in [0.25, 0.3) is 0 Å². The fourth-order valence-corrected chi connectivity index (χ4v) is 3.90. The molecule has 156 valence electrons. The molecule has 1 aromatic carbocycles. The average molecular weight is 407 g/mol. The Morgan fingerprint density at radius 3 is 2.73 bits per heavy atom. The van der Waals surface area contributed by atoms with Crippen LogP contribution in [0.4, 0.5) is 10.2 Å². The summed E-state index contributed by atoms with van der Waals surface area (Å²) in [6.07, 6.45) is 5.59. The van der Waals surface area contributed by atoms with Crippen molar-refractivity contribution in [3.8, 4) is 17.1 Å². The predicted octanol–water partition coefficient (Wildman–Crippen LogP) is 4.11. The number of hydrogen-bond donors (Lipinski definition) is 1. The molecule has 1 atom stereocenters. The van der Waals surface area contributed by atoms with Gasteiger partial charge in [-0.15, -0.1) is 0 Å². The third-order valence-corrected chi connectivity index (χ3v) is 5.52. The van der Waals surface area contributed by atoms with Crippen molar-refractivity contribution in [2.45, 2.75) is 25.3 Å². The topological polar surface area (TPSA) is 63.2 Å². The van der Waals surface area contributed by atoms with Crippen molar-refractivity contribution in [1.82, 2.24) is 19.9 Å². The van der Waals surface area contributed by atoms with E-state index in [2.05, 4.69) is 20.2 Å². The Kier molecular flexibility index (Phi) is 6.18. The molecule has 7 heteroatoms. The molecule has 0 radical (unpaired) electrons. The monoisotopic (exact) mass is 407 g/mol. The Hall–Kier alpha value is -3.06. The van der Waals surface area contributed by atoms with E-state index in [-0.39, 0.29) is 11.7 Å². The molecular formula is C23H26FN5O. The number of piperidine rings is 1. The van der Waals surface area contributed by atoms with E-state index in [0.29, 0.717) is 23.7 Å². The van der Waals surface area contributed by atoms with Crippen molar-refractivity contribution < 1.29 is 9.13 Å². The highest BCUT2D eigenvalue weighted by Crippen LogP contribution is 2.30. The molecule has 3 heterocycles. The van der Waals surface area contributed by atoms with E-state index >= 15 is 0 Å². The second-order valence-corrected chi connectivity index (χ2v) is 7.52. The van der Waals surface area contributed by atoms with Crippen molar-refractivity contribution in [2.24, 2.45) is 0 Å². The zero-order chi connectivity index (χ0) is 20.9. The van der Waals surface area contributed by atoms with Gasteiger partial charge in [-0.3, -0.25) is 9.88 Å². The van der Waals surface area contributed by atoms with E-state index in [1.165, 1.54) is 6.07 Å². The maximum absolute atomic E-state index is 14.4. The number of anilines is 1. The van der Waals surface area contributed by atoms with E-state index in [9.17, 15) is 4.39 Å². The summed E-state index contributed by atoms with van der Waals surface area (Å²) in [6, 6.07) is 10.9. The normalized spacial score (nSPS) is 17.0. The van der Waals surface area contributed by atoms with Gasteiger partial charge < -0.3 is 10.1 Å². The Bertz CT molecular complexity index is 998. The Morgan fingerprint density at radius 2 is 2.00 bits per heavy atom. The van der Waals surface area contributed by atoms with E-state index in [1.807, 2.05) is 37.4 Å². The fraction of sp³-hybridized carbons (Fsp3) is 0.348. The van der Waals surface area contributed by atoms with Crippen LogP contribution in [0.3, 0.4) is 0 Å². The van der Waals surface area contributed by atoms with E-state index in [0.717, 1.165) is 43.0 Å². The lowest BCUT2D eigenvalue weighted by molar-refractivity contribution is 0.196. The molecular weight excluding hydrogens is 381 g/mol.